The van der Waals surface area contributed by atoms with Crippen LogP contribution in [0.4, 0.5) is 16.4 Å². The van der Waals surface area contributed by atoms with Gasteiger partial charge in [-0.3, -0.25) is 5.32 Å². The van der Waals surface area contributed by atoms with E-state index in [-0.39, 0.29) is 36.2 Å². The first-order chi connectivity index (χ1) is 18.4. The molecule has 9 heteroatoms. The molecule has 1 saturated heterocycles. The molecule has 1 aliphatic heterocycles. The number of rotatable bonds is 15. The summed E-state index contributed by atoms with van der Waals surface area (Å²) in [6, 6.07) is 5.78. The summed E-state index contributed by atoms with van der Waals surface area (Å²) >= 11 is 0. The zero-order valence-corrected chi connectivity index (χ0v) is 24.0. The predicted octanol–water partition coefficient (Wildman–Crippen LogP) is 7.23. The molecule has 3 rings (SSSR count). The number of hydrogen-bond acceptors (Lipinski definition) is 6. The fraction of sp³-hybridized carbons (Fsp3) is 0.724. The molecule has 212 valence electrons. The molecule has 2 amide bonds. The largest absolute Gasteiger partial charge is 0.353 e. The van der Waals surface area contributed by atoms with Crippen molar-refractivity contribution in [2.75, 3.05) is 17.2 Å². The van der Waals surface area contributed by atoms with Gasteiger partial charge in [0.05, 0.1) is 12.6 Å². The summed E-state index contributed by atoms with van der Waals surface area (Å²) in [6.45, 7) is 11.9. The van der Waals surface area contributed by atoms with E-state index in [0.29, 0.717) is 6.54 Å². The van der Waals surface area contributed by atoms with Gasteiger partial charge in [-0.25, -0.2) is 4.79 Å². The van der Waals surface area contributed by atoms with Crippen LogP contribution in [0.15, 0.2) is 18.2 Å². The maximum Gasteiger partial charge on any atom is 0.326 e. The average molecular weight is 529 g/mol. The number of nitrogens with one attached hydrogen (secondary N) is 2. The molecule has 9 nitrogen and oxygen atoms in total. The van der Waals surface area contributed by atoms with Crippen molar-refractivity contribution in [1.29, 1.82) is 0 Å². The highest BCUT2D eigenvalue weighted by Gasteiger charge is 2.22. The summed E-state index contributed by atoms with van der Waals surface area (Å²) in [7, 11) is 0. The zero-order chi connectivity index (χ0) is 27.3. The first-order valence-electron chi connectivity index (χ1n) is 14.6. The van der Waals surface area contributed by atoms with Crippen molar-refractivity contribution in [2.24, 2.45) is 0 Å². The van der Waals surface area contributed by atoms with Gasteiger partial charge in [0.25, 0.3) is 5.95 Å². The van der Waals surface area contributed by atoms with Crippen LogP contribution >= 0.6 is 0 Å². The van der Waals surface area contributed by atoms with E-state index in [0.717, 1.165) is 55.5 Å². The Bertz CT molecular complexity index is 945. The van der Waals surface area contributed by atoms with E-state index in [1.165, 1.54) is 36.9 Å². The van der Waals surface area contributed by atoms with E-state index in [4.69, 9.17) is 9.47 Å². The zero-order valence-electron chi connectivity index (χ0n) is 24.0. The molecule has 1 aromatic heterocycles. The molecule has 0 saturated carbocycles. The van der Waals surface area contributed by atoms with E-state index < -0.39 is 0 Å². The standard InChI is InChI=1S/C29H48N6O3/c1-6-7-8-9-10-11-15-23(38-26-18-12-13-19-37-26)20-35-33-28(32-34-35)31-29(36)30-27-24(21(2)3)16-14-17-25(27)22(4)5/h14,16-17,21-23,26H,6-13,15,18-20H2,1-5H3,(H2,30,31,33,36). The van der Waals surface area contributed by atoms with Crippen LogP contribution in [-0.2, 0) is 16.0 Å². The minimum absolute atomic E-state index is 0.0633. The number of benzene rings is 1. The van der Waals surface area contributed by atoms with Gasteiger partial charge in [-0.2, -0.15) is 4.80 Å². The monoisotopic (exact) mass is 528 g/mol. The fourth-order valence-electron chi connectivity index (χ4n) is 4.88. The summed E-state index contributed by atoms with van der Waals surface area (Å²) in [5, 5.41) is 18.4. The Balaban J connectivity index is 1.59. The smallest absolute Gasteiger partial charge is 0.326 e. The molecule has 1 aromatic carbocycles. The molecule has 1 aliphatic rings. The quantitative estimate of drug-likeness (QED) is 0.236. The third-order valence-corrected chi connectivity index (χ3v) is 7.02. The molecular formula is C29H48N6O3. The van der Waals surface area contributed by atoms with Gasteiger partial charge in [0, 0.05) is 12.3 Å². The van der Waals surface area contributed by atoms with Gasteiger partial charge in [0.1, 0.15) is 0 Å². The van der Waals surface area contributed by atoms with Crippen molar-refractivity contribution in [3.05, 3.63) is 29.3 Å². The molecule has 0 radical (unpaired) electrons. The second kappa shape index (κ2) is 15.8. The number of nitrogens with zero attached hydrogens (tertiary/aromatic N) is 4. The normalized spacial score (nSPS) is 16.7. The van der Waals surface area contributed by atoms with Crippen molar-refractivity contribution < 1.29 is 14.3 Å². The number of amides is 2. The molecule has 1 fully saturated rings. The molecule has 2 N–H and O–H groups in total. The summed E-state index contributed by atoms with van der Waals surface area (Å²) in [5.41, 5.74) is 3.05. The minimum atomic E-state index is -0.380. The van der Waals surface area contributed by atoms with Crippen molar-refractivity contribution in [1.82, 2.24) is 20.2 Å². The van der Waals surface area contributed by atoms with Gasteiger partial charge in [-0.1, -0.05) is 96.4 Å². The average Bonchev–Trinajstić information content (AvgIpc) is 3.32. The van der Waals surface area contributed by atoms with E-state index >= 15 is 0 Å². The van der Waals surface area contributed by atoms with Gasteiger partial charge >= 0.3 is 6.03 Å². The van der Waals surface area contributed by atoms with Crippen molar-refractivity contribution in [3.63, 3.8) is 0 Å². The molecule has 2 atom stereocenters. The number of ether oxygens (including phenoxy) is 2. The van der Waals surface area contributed by atoms with Crippen LogP contribution in [-0.4, -0.2) is 45.2 Å². The second-order valence-electron chi connectivity index (χ2n) is 11.0. The van der Waals surface area contributed by atoms with Crippen LogP contribution in [0.25, 0.3) is 0 Å². The third-order valence-electron chi connectivity index (χ3n) is 7.02. The van der Waals surface area contributed by atoms with Crippen molar-refractivity contribution in [3.8, 4) is 0 Å². The van der Waals surface area contributed by atoms with Gasteiger partial charge in [-0.05, 0) is 53.9 Å². The number of hydrogen-bond donors (Lipinski definition) is 2. The molecule has 2 aromatic rings. The highest BCUT2D eigenvalue weighted by molar-refractivity contribution is 5.99. The van der Waals surface area contributed by atoms with Crippen LogP contribution in [0.2, 0.25) is 0 Å². The van der Waals surface area contributed by atoms with Crippen LogP contribution < -0.4 is 10.6 Å². The Kier molecular flexibility index (Phi) is 12.5. The number of tetrazole rings is 1. The lowest BCUT2D eigenvalue weighted by molar-refractivity contribution is -0.192. The van der Waals surface area contributed by atoms with Crippen molar-refractivity contribution >= 4 is 17.7 Å². The Hall–Kier alpha value is -2.52. The Morgan fingerprint density at radius 3 is 2.42 bits per heavy atom. The topological polar surface area (TPSA) is 103 Å². The van der Waals surface area contributed by atoms with E-state index in [9.17, 15) is 4.79 Å². The van der Waals surface area contributed by atoms with Gasteiger partial charge in [0.15, 0.2) is 6.29 Å². The lowest BCUT2D eigenvalue weighted by atomic mass is 9.93. The summed E-state index contributed by atoms with van der Waals surface area (Å²) in [5.74, 6) is 0.724. The summed E-state index contributed by atoms with van der Waals surface area (Å²) < 4.78 is 12.1. The molecule has 2 unspecified atom stereocenters. The number of urea groups is 1. The second-order valence-corrected chi connectivity index (χ2v) is 11.0. The van der Waals surface area contributed by atoms with Crippen LogP contribution in [0.3, 0.4) is 0 Å². The lowest BCUT2D eigenvalue weighted by Gasteiger charge is -2.27. The number of carbonyl (C=O) groups is 1. The molecule has 0 bridgehead atoms. The first-order valence-corrected chi connectivity index (χ1v) is 14.6. The highest BCUT2D eigenvalue weighted by Crippen LogP contribution is 2.32. The Labute approximate surface area is 228 Å². The predicted molar refractivity (Wildman–Crippen MR) is 152 cm³/mol. The van der Waals surface area contributed by atoms with E-state index in [1.807, 2.05) is 6.07 Å². The SMILES string of the molecule is CCCCCCCCC(Cn1nnc(NC(=O)Nc2c(C(C)C)cccc2C(C)C)n1)OC1CCCCO1. The molecule has 0 aliphatic carbocycles. The molecular weight excluding hydrogens is 480 g/mol. The van der Waals surface area contributed by atoms with Crippen LogP contribution in [0.1, 0.15) is 122 Å². The number of para-hydroxylation sites is 1. The summed E-state index contributed by atoms with van der Waals surface area (Å²) in [6.07, 6.45) is 11.2. The van der Waals surface area contributed by atoms with E-state index in [2.05, 4.69) is 72.8 Å². The minimum Gasteiger partial charge on any atom is -0.353 e. The van der Waals surface area contributed by atoms with Crippen LogP contribution in [0, 0.1) is 0 Å². The number of anilines is 2. The number of carbonyl (C=O) groups excluding carboxylic acids is 1. The fourth-order valence-corrected chi connectivity index (χ4v) is 4.88. The highest BCUT2D eigenvalue weighted by atomic mass is 16.7. The first kappa shape index (κ1) is 30.0. The Morgan fingerprint density at radius 2 is 1.76 bits per heavy atom. The summed E-state index contributed by atoms with van der Waals surface area (Å²) in [4.78, 5) is 14.4. The molecule has 2 heterocycles. The van der Waals surface area contributed by atoms with Crippen molar-refractivity contribution in [2.45, 2.75) is 130 Å². The van der Waals surface area contributed by atoms with Gasteiger partial charge in [-0.15, -0.1) is 5.10 Å². The number of aromatic nitrogens is 4. The maximum absolute atomic E-state index is 12.9. The Morgan fingerprint density at radius 1 is 1.05 bits per heavy atom. The van der Waals surface area contributed by atoms with Gasteiger partial charge in [0.2, 0.25) is 0 Å². The van der Waals surface area contributed by atoms with Crippen LogP contribution in [0.5, 0.6) is 0 Å². The third kappa shape index (κ3) is 9.66. The lowest BCUT2D eigenvalue weighted by Crippen LogP contribution is -2.31. The maximum atomic E-state index is 12.9. The van der Waals surface area contributed by atoms with Gasteiger partial charge < -0.3 is 14.8 Å². The number of unbranched alkanes of at least 4 members (excludes halogenated alkanes) is 5. The molecule has 0 spiro atoms. The molecule has 38 heavy (non-hydrogen) atoms. The van der Waals surface area contributed by atoms with E-state index in [1.54, 1.807) is 0 Å².